The molecule has 2 rings (SSSR count). The predicted octanol–water partition coefficient (Wildman–Crippen LogP) is 0.818. The Bertz CT molecular complexity index is 538. The van der Waals surface area contributed by atoms with Gasteiger partial charge >= 0.3 is 5.97 Å². The van der Waals surface area contributed by atoms with Crippen LogP contribution in [0.3, 0.4) is 0 Å². The molecular weight excluding hydrogens is 262 g/mol. The maximum Gasteiger partial charge on any atom is 0.307 e. The number of carboxylic acid groups (broad SMARTS) is 1. The highest BCUT2D eigenvalue weighted by Crippen LogP contribution is 2.10. The fourth-order valence-electron chi connectivity index (χ4n) is 1.82. The van der Waals surface area contributed by atoms with Crippen molar-refractivity contribution in [1.29, 1.82) is 0 Å². The third kappa shape index (κ3) is 3.74. The molecule has 0 saturated heterocycles. The van der Waals surface area contributed by atoms with Gasteiger partial charge in [-0.05, 0) is 11.1 Å². The molecule has 6 nitrogen and oxygen atoms in total. The zero-order chi connectivity index (χ0) is 14.4. The molecule has 0 aromatic heterocycles. The van der Waals surface area contributed by atoms with Gasteiger partial charge in [-0.2, -0.15) is 0 Å². The van der Waals surface area contributed by atoms with Crippen molar-refractivity contribution >= 4 is 11.9 Å². The Kier molecular flexibility index (Phi) is 4.60. The first kappa shape index (κ1) is 13.9. The van der Waals surface area contributed by atoms with E-state index in [9.17, 15) is 9.59 Å². The summed E-state index contributed by atoms with van der Waals surface area (Å²) < 4.78 is 10.2. The number of amides is 1. The summed E-state index contributed by atoms with van der Waals surface area (Å²) in [5.41, 5.74) is 1.44. The summed E-state index contributed by atoms with van der Waals surface area (Å²) in [6.07, 6.45) is 1.20. The molecule has 6 heteroatoms. The lowest BCUT2D eigenvalue weighted by Gasteiger charge is -2.15. The minimum Gasteiger partial charge on any atom is -0.494 e. The second-order valence-electron chi connectivity index (χ2n) is 4.22. The molecular formula is C14H15NO5. The summed E-state index contributed by atoms with van der Waals surface area (Å²) >= 11 is 0. The summed E-state index contributed by atoms with van der Waals surface area (Å²) in [4.78, 5) is 22.6. The van der Waals surface area contributed by atoms with Gasteiger partial charge in [0.2, 0.25) is 5.76 Å². The quantitative estimate of drug-likeness (QED) is 0.832. The van der Waals surface area contributed by atoms with Crippen LogP contribution in [0.2, 0.25) is 0 Å². The molecule has 0 atom stereocenters. The van der Waals surface area contributed by atoms with Crippen molar-refractivity contribution in [2.24, 2.45) is 0 Å². The van der Waals surface area contributed by atoms with Gasteiger partial charge in [-0.3, -0.25) is 9.59 Å². The van der Waals surface area contributed by atoms with E-state index >= 15 is 0 Å². The summed E-state index contributed by atoms with van der Waals surface area (Å²) in [6.45, 7) is 1.01. The van der Waals surface area contributed by atoms with Crippen LogP contribution in [0.1, 0.15) is 11.1 Å². The van der Waals surface area contributed by atoms with E-state index in [1.807, 2.05) is 0 Å². The lowest BCUT2D eigenvalue weighted by Crippen LogP contribution is -2.28. The van der Waals surface area contributed by atoms with Crippen LogP contribution in [0, 0.1) is 0 Å². The standard InChI is InChI=1S/C14H15NO5/c16-13(17)7-10-3-1-2-4-11(10)8-15-14(18)12-9-19-5-6-20-12/h1-4,9H,5-8H2,(H,15,18)(H,16,17). The molecule has 0 radical (unpaired) electrons. The monoisotopic (exact) mass is 277 g/mol. The number of hydrogen-bond acceptors (Lipinski definition) is 4. The van der Waals surface area contributed by atoms with E-state index in [0.717, 1.165) is 5.56 Å². The molecule has 0 bridgehead atoms. The number of hydrogen-bond donors (Lipinski definition) is 2. The Labute approximate surface area is 116 Å². The summed E-state index contributed by atoms with van der Waals surface area (Å²) in [7, 11) is 0. The van der Waals surface area contributed by atoms with Gasteiger partial charge in [0.1, 0.15) is 19.5 Å². The van der Waals surface area contributed by atoms with E-state index in [0.29, 0.717) is 18.8 Å². The van der Waals surface area contributed by atoms with Crippen molar-refractivity contribution in [3.05, 3.63) is 47.4 Å². The highest BCUT2D eigenvalue weighted by atomic mass is 16.6. The molecule has 0 spiro atoms. The maximum absolute atomic E-state index is 11.8. The van der Waals surface area contributed by atoms with Gasteiger partial charge in [-0.25, -0.2) is 0 Å². The van der Waals surface area contributed by atoms with Crippen LogP contribution >= 0.6 is 0 Å². The number of rotatable bonds is 5. The average Bonchev–Trinajstić information content (AvgIpc) is 2.46. The number of aliphatic carboxylic acids is 1. The average molecular weight is 277 g/mol. The largest absolute Gasteiger partial charge is 0.494 e. The minimum absolute atomic E-state index is 0.0750. The van der Waals surface area contributed by atoms with Crippen LogP contribution in [-0.4, -0.2) is 30.2 Å². The second kappa shape index (κ2) is 6.60. The number of nitrogens with one attached hydrogen (secondary N) is 1. The topological polar surface area (TPSA) is 84.9 Å². The molecule has 1 amide bonds. The van der Waals surface area contributed by atoms with Crippen molar-refractivity contribution in [3.8, 4) is 0 Å². The third-order valence-corrected chi connectivity index (χ3v) is 2.77. The van der Waals surface area contributed by atoms with E-state index in [2.05, 4.69) is 5.32 Å². The zero-order valence-electron chi connectivity index (χ0n) is 10.8. The Morgan fingerprint density at radius 1 is 1.20 bits per heavy atom. The van der Waals surface area contributed by atoms with Crippen LogP contribution in [0.5, 0.6) is 0 Å². The van der Waals surface area contributed by atoms with Crippen LogP contribution in [0.4, 0.5) is 0 Å². The molecule has 1 aromatic rings. The Balaban J connectivity index is 1.98. The first-order valence-corrected chi connectivity index (χ1v) is 6.18. The normalized spacial score (nSPS) is 13.7. The summed E-state index contributed by atoms with van der Waals surface area (Å²) in [6, 6.07) is 7.08. The van der Waals surface area contributed by atoms with E-state index < -0.39 is 5.97 Å². The van der Waals surface area contributed by atoms with Crippen molar-refractivity contribution in [2.75, 3.05) is 13.2 Å². The molecule has 1 aliphatic heterocycles. The molecule has 0 unspecified atom stereocenters. The fraction of sp³-hybridized carbons (Fsp3) is 0.286. The summed E-state index contributed by atoms with van der Waals surface area (Å²) in [5.74, 6) is -1.16. The lowest BCUT2D eigenvalue weighted by atomic mass is 10.0. The summed E-state index contributed by atoms with van der Waals surface area (Å²) in [5, 5.41) is 11.5. The van der Waals surface area contributed by atoms with Gasteiger partial charge in [-0.1, -0.05) is 24.3 Å². The smallest absolute Gasteiger partial charge is 0.307 e. The maximum atomic E-state index is 11.8. The van der Waals surface area contributed by atoms with Crippen LogP contribution in [0.25, 0.3) is 0 Å². The molecule has 0 fully saturated rings. The molecule has 1 aromatic carbocycles. The van der Waals surface area contributed by atoms with Gasteiger partial charge in [0, 0.05) is 6.54 Å². The van der Waals surface area contributed by atoms with Gasteiger partial charge in [-0.15, -0.1) is 0 Å². The fourth-order valence-corrected chi connectivity index (χ4v) is 1.82. The van der Waals surface area contributed by atoms with Crippen molar-refractivity contribution in [3.63, 3.8) is 0 Å². The third-order valence-electron chi connectivity index (χ3n) is 2.77. The van der Waals surface area contributed by atoms with E-state index in [4.69, 9.17) is 14.6 Å². The van der Waals surface area contributed by atoms with Crippen LogP contribution in [0.15, 0.2) is 36.3 Å². The lowest BCUT2D eigenvalue weighted by molar-refractivity contribution is -0.136. The number of ether oxygens (including phenoxy) is 2. The Morgan fingerprint density at radius 3 is 2.60 bits per heavy atom. The first-order valence-electron chi connectivity index (χ1n) is 6.18. The molecule has 1 heterocycles. The van der Waals surface area contributed by atoms with E-state index in [1.54, 1.807) is 24.3 Å². The van der Waals surface area contributed by atoms with Crippen molar-refractivity contribution < 1.29 is 24.2 Å². The molecule has 0 saturated carbocycles. The van der Waals surface area contributed by atoms with Gasteiger partial charge < -0.3 is 19.9 Å². The molecule has 1 aliphatic rings. The highest BCUT2D eigenvalue weighted by molar-refractivity contribution is 5.91. The number of carbonyl (C=O) groups excluding carboxylic acids is 1. The first-order chi connectivity index (χ1) is 9.66. The zero-order valence-corrected chi connectivity index (χ0v) is 10.8. The molecule has 20 heavy (non-hydrogen) atoms. The highest BCUT2D eigenvalue weighted by Gasteiger charge is 2.15. The van der Waals surface area contributed by atoms with E-state index in [1.165, 1.54) is 6.26 Å². The minimum atomic E-state index is -0.907. The van der Waals surface area contributed by atoms with Gasteiger partial charge in [0.15, 0.2) is 0 Å². The molecule has 106 valence electrons. The van der Waals surface area contributed by atoms with Gasteiger partial charge in [0.25, 0.3) is 5.91 Å². The number of carbonyl (C=O) groups is 2. The van der Waals surface area contributed by atoms with Crippen molar-refractivity contribution in [1.82, 2.24) is 5.32 Å². The number of benzene rings is 1. The Hall–Kier alpha value is -2.50. The van der Waals surface area contributed by atoms with Crippen LogP contribution in [-0.2, 0) is 32.0 Å². The Morgan fingerprint density at radius 2 is 1.95 bits per heavy atom. The van der Waals surface area contributed by atoms with Crippen molar-refractivity contribution in [2.45, 2.75) is 13.0 Å². The van der Waals surface area contributed by atoms with Gasteiger partial charge in [0.05, 0.1) is 6.42 Å². The second-order valence-corrected chi connectivity index (χ2v) is 4.22. The molecule has 0 aliphatic carbocycles. The number of carboxylic acids is 1. The van der Waals surface area contributed by atoms with Crippen LogP contribution < -0.4 is 5.32 Å². The molecule has 2 N–H and O–H groups in total. The van der Waals surface area contributed by atoms with E-state index in [-0.39, 0.29) is 24.6 Å². The predicted molar refractivity (Wildman–Crippen MR) is 69.6 cm³/mol. The SMILES string of the molecule is O=C(O)Cc1ccccc1CNC(=O)C1=COCCO1.